The summed E-state index contributed by atoms with van der Waals surface area (Å²) in [4.78, 5) is 13.0. The number of aromatic hydroxyl groups is 1. The number of benzene rings is 1. The Hall–Kier alpha value is -3.66. The predicted molar refractivity (Wildman–Crippen MR) is 91.8 cm³/mol. The quantitative estimate of drug-likeness (QED) is 0.539. The Kier molecular flexibility index (Phi) is 3.43. The minimum atomic E-state index is -0.0218. The zero-order valence-electron chi connectivity index (χ0n) is 13.7. The maximum atomic E-state index is 9.88. The third-order valence-corrected chi connectivity index (χ3v) is 3.65. The van der Waals surface area contributed by atoms with Crippen molar-refractivity contribution in [2.24, 2.45) is 7.05 Å². The van der Waals surface area contributed by atoms with E-state index in [1.807, 2.05) is 48.1 Å². The zero-order valence-corrected chi connectivity index (χ0v) is 13.7. The summed E-state index contributed by atoms with van der Waals surface area (Å²) in [6.45, 7) is 1.78. The smallest absolute Gasteiger partial charge is 0.256 e. The summed E-state index contributed by atoms with van der Waals surface area (Å²) in [5, 5.41) is 14.0. The first-order valence-corrected chi connectivity index (χ1v) is 7.64. The van der Waals surface area contributed by atoms with E-state index in [1.165, 1.54) is 10.6 Å². The van der Waals surface area contributed by atoms with Crippen molar-refractivity contribution < 1.29 is 5.11 Å². The molecular weight excluding hydrogens is 316 g/mol. The molecule has 0 aliphatic heterocycles. The molecule has 7 heteroatoms. The Morgan fingerprint density at radius 3 is 2.64 bits per heavy atom. The van der Waals surface area contributed by atoms with E-state index in [-0.39, 0.29) is 11.7 Å². The summed E-state index contributed by atoms with van der Waals surface area (Å²) in [5.74, 6) is 7.01. The number of hydrogen-bond donors (Lipinski definition) is 1. The van der Waals surface area contributed by atoms with Crippen LogP contribution in [-0.2, 0) is 7.05 Å². The fraction of sp³-hybridized carbons (Fsp3) is 0.111. The molecule has 0 atom stereocenters. The van der Waals surface area contributed by atoms with Crippen molar-refractivity contribution in [2.45, 2.75) is 6.92 Å². The zero-order chi connectivity index (χ0) is 17.4. The van der Waals surface area contributed by atoms with E-state index in [9.17, 15) is 5.11 Å². The van der Waals surface area contributed by atoms with Crippen molar-refractivity contribution in [3.63, 3.8) is 0 Å². The maximum Gasteiger partial charge on any atom is 0.256 e. The summed E-state index contributed by atoms with van der Waals surface area (Å²) >= 11 is 0. The van der Waals surface area contributed by atoms with E-state index in [0.717, 1.165) is 11.3 Å². The van der Waals surface area contributed by atoms with Crippen molar-refractivity contribution in [3.05, 3.63) is 59.9 Å². The fourth-order valence-corrected chi connectivity index (χ4v) is 2.46. The van der Waals surface area contributed by atoms with Crippen LogP contribution in [0.1, 0.15) is 17.3 Å². The second kappa shape index (κ2) is 5.76. The molecule has 0 saturated carbocycles. The van der Waals surface area contributed by atoms with Gasteiger partial charge in [-0.05, 0) is 18.8 Å². The van der Waals surface area contributed by atoms with Crippen LogP contribution < -0.4 is 0 Å². The van der Waals surface area contributed by atoms with Crippen LogP contribution in [0.15, 0.2) is 42.6 Å². The molecule has 4 rings (SSSR count). The van der Waals surface area contributed by atoms with Crippen molar-refractivity contribution in [1.82, 2.24) is 29.1 Å². The van der Waals surface area contributed by atoms with E-state index in [1.54, 1.807) is 6.92 Å². The molecule has 0 amide bonds. The van der Waals surface area contributed by atoms with Crippen molar-refractivity contribution in [2.75, 3.05) is 0 Å². The molecular formula is C18H14N6O. The molecule has 0 unspecified atom stereocenters. The summed E-state index contributed by atoms with van der Waals surface area (Å²) in [7, 11) is 1.89. The van der Waals surface area contributed by atoms with E-state index in [4.69, 9.17) is 0 Å². The SMILES string of the molecule is Cc1cc(O)n2nc(C#Cc3nc(-c4ccccc4)cn3C)nc2n1. The second-order valence-electron chi connectivity index (χ2n) is 5.58. The highest BCUT2D eigenvalue weighted by Crippen LogP contribution is 2.17. The molecule has 7 nitrogen and oxygen atoms in total. The van der Waals surface area contributed by atoms with Crippen molar-refractivity contribution in [3.8, 4) is 29.0 Å². The number of hydrogen-bond acceptors (Lipinski definition) is 5. The molecule has 0 radical (unpaired) electrons. The number of imidazole rings is 1. The van der Waals surface area contributed by atoms with E-state index in [2.05, 4.69) is 31.9 Å². The Morgan fingerprint density at radius 1 is 1.04 bits per heavy atom. The van der Waals surface area contributed by atoms with Crippen molar-refractivity contribution in [1.29, 1.82) is 0 Å². The van der Waals surface area contributed by atoms with E-state index in [0.29, 0.717) is 17.3 Å². The van der Waals surface area contributed by atoms with Gasteiger partial charge in [0.05, 0.1) is 5.69 Å². The minimum absolute atomic E-state index is 0.0218. The third-order valence-electron chi connectivity index (χ3n) is 3.65. The topological polar surface area (TPSA) is 81.1 Å². The molecule has 0 fully saturated rings. The van der Waals surface area contributed by atoms with Gasteiger partial charge in [-0.25, -0.2) is 9.97 Å². The largest absolute Gasteiger partial charge is 0.493 e. The van der Waals surface area contributed by atoms with Crippen LogP contribution in [0.4, 0.5) is 0 Å². The number of fused-ring (bicyclic) bond motifs is 1. The van der Waals surface area contributed by atoms with Gasteiger partial charge in [0, 0.05) is 30.6 Å². The van der Waals surface area contributed by atoms with Crippen LogP contribution in [0.25, 0.3) is 17.0 Å². The Balaban J connectivity index is 1.70. The lowest BCUT2D eigenvalue weighted by molar-refractivity contribution is 0.434. The van der Waals surface area contributed by atoms with Gasteiger partial charge in [-0.3, -0.25) is 0 Å². The molecule has 3 heterocycles. The van der Waals surface area contributed by atoms with E-state index < -0.39 is 0 Å². The average molecular weight is 330 g/mol. The van der Waals surface area contributed by atoms with Crippen molar-refractivity contribution >= 4 is 5.78 Å². The minimum Gasteiger partial charge on any atom is -0.493 e. The summed E-state index contributed by atoms with van der Waals surface area (Å²) in [5.41, 5.74) is 2.54. The molecule has 0 saturated heterocycles. The molecule has 1 aromatic carbocycles. The molecule has 122 valence electrons. The molecule has 25 heavy (non-hydrogen) atoms. The van der Waals surface area contributed by atoms with Gasteiger partial charge in [0.2, 0.25) is 11.7 Å². The van der Waals surface area contributed by atoms with Crippen LogP contribution in [-0.4, -0.2) is 34.2 Å². The molecule has 3 aromatic heterocycles. The van der Waals surface area contributed by atoms with E-state index >= 15 is 0 Å². The van der Waals surface area contributed by atoms with Gasteiger partial charge in [-0.1, -0.05) is 30.3 Å². The predicted octanol–water partition coefficient (Wildman–Crippen LogP) is 1.94. The molecule has 0 spiro atoms. The van der Waals surface area contributed by atoms with Crippen LogP contribution >= 0.6 is 0 Å². The van der Waals surface area contributed by atoms with Gasteiger partial charge in [0.15, 0.2) is 5.82 Å². The second-order valence-corrected chi connectivity index (χ2v) is 5.58. The monoisotopic (exact) mass is 330 g/mol. The summed E-state index contributed by atoms with van der Waals surface area (Å²) < 4.78 is 3.11. The van der Waals surface area contributed by atoms with Gasteiger partial charge < -0.3 is 9.67 Å². The molecule has 4 aromatic rings. The maximum absolute atomic E-state index is 9.88. The lowest BCUT2D eigenvalue weighted by atomic mass is 10.2. The standard InChI is InChI=1S/C18H14N6O/c1-12-10-17(25)24-18(19-12)21-15(22-24)8-9-16-20-14(11-23(16)2)13-6-4-3-5-7-13/h3-7,10-11,25H,1-2H3. The average Bonchev–Trinajstić information content (AvgIpc) is 3.17. The van der Waals surface area contributed by atoms with Crippen LogP contribution in [0.5, 0.6) is 5.88 Å². The lowest BCUT2D eigenvalue weighted by Crippen LogP contribution is -1.93. The summed E-state index contributed by atoms with van der Waals surface area (Å²) in [6.07, 6.45) is 1.92. The highest BCUT2D eigenvalue weighted by molar-refractivity contribution is 5.59. The first kappa shape index (κ1) is 14.9. The Bertz CT molecular complexity index is 1130. The molecule has 0 bridgehead atoms. The van der Waals surface area contributed by atoms with Gasteiger partial charge in [0.25, 0.3) is 5.78 Å². The van der Waals surface area contributed by atoms with Gasteiger partial charge in [-0.2, -0.15) is 9.50 Å². The van der Waals surface area contributed by atoms with Gasteiger partial charge in [-0.15, -0.1) is 5.10 Å². The van der Waals surface area contributed by atoms with Gasteiger partial charge in [0.1, 0.15) is 0 Å². The molecule has 0 aliphatic carbocycles. The van der Waals surface area contributed by atoms with Crippen LogP contribution in [0.3, 0.4) is 0 Å². The third kappa shape index (κ3) is 2.81. The Morgan fingerprint density at radius 2 is 1.84 bits per heavy atom. The highest BCUT2D eigenvalue weighted by atomic mass is 16.3. The number of nitrogens with zero attached hydrogens (tertiary/aromatic N) is 6. The lowest BCUT2D eigenvalue weighted by Gasteiger charge is -1.95. The highest BCUT2D eigenvalue weighted by Gasteiger charge is 2.08. The number of aryl methyl sites for hydroxylation is 2. The van der Waals surface area contributed by atoms with Crippen LogP contribution in [0.2, 0.25) is 0 Å². The fourth-order valence-electron chi connectivity index (χ4n) is 2.46. The van der Waals surface area contributed by atoms with Crippen LogP contribution in [0, 0.1) is 18.8 Å². The molecule has 1 N–H and O–H groups in total. The summed E-state index contributed by atoms with van der Waals surface area (Å²) in [6, 6.07) is 11.4. The normalized spacial score (nSPS) is 10.6. The molecule has 0 aliphatic rings. The number of aromatic nitrogens is 6. The Labute approximate surface area is 143 Å². The first-order chi connectivity index (χ1) is 12.1. The number of rotatable bonds is 1. The first-order valence-electron chi connectivity index (χ1n) is 7.64. The van der Waals surface area contributed by atoms with Gasteiger partial charge >= 0.3 is 0 Å².